The number of ether oxygens (including phenoxy) is 2. The van der Waals surface area contributed by atoms with Crippen LogP contribution >= 0.6 is 0 Å². The highest BCUT2D eigenvalue weighted by molar-refractivity contribution is 7.87. The SMILES string of the molecule is COc1ccc2c(c1)C=C(c1c(C(=O)N3[C@H](C)CN(C)C[C@@H]3C)cnn1C)Cn1c-2c(C2CCCCC2)c2ccc(C(=O)NS(=O)(=O)N3CCOCC3)cc21. The number of hydrogen-bond acceptors (Lipinski definition) is 8. The normalized spacial score (nSPS) is 21.5. The second-order valence-electron chi connectivity index (χ2n) is 15.6. The van der Waals surface area contributed by atoms with E-state index < -0.39 is 16.1 Å². The molecule has 3 aliphatic heterocycles. The van der Waals surface area contributed by atoms with E-state index in [1.807, 2.05) is 36.2 Å². The van der Waals surface area contributed by atoms with Gasteiger partial charge in [0.1, 0.15) is 5.75 Å². The molecule has 14 heteroatoms. The molecule has 2 amide bonds. The molecule has 0 radical (unpaired) electrons. The van der Waals surface area contributed by atoms with Gasteiger partial charge in [-0.2, -0.15) is 17.8 Å². The summed E-state index contributed by atoms with van der Waals surface area (Å²) in [6.07, 6.45) is 9.43. The summed E-state index contributed by atoms with van der Waals surface area (Å²) in [6.45, 7) is 7.08. The molecule has 2 aromatic heterocycles. The van der Waals surface area contributed by atoms with Crippen LogP contribution in [0.15, 0.2) is 42.6 Å². The first kappa shape index (κ1) is 37.4. The minimum atomic E-state index is -4.06. The lowest BCUT2D eigenvalue weighted by molar-refractivity contribution is 0.0350. The number of aryl methyl sites for hydroxylation is 1. The number of morpholine rings is 1. The summed E-state index contributed by atoms with van der Waals surface area (Å²) in [4.78, 5) is 32.6. The highest BCUT2D eigenvalue weighted by atomic mass is 32.2. The molecule has 5 heterocycles. The van der Waals surface area contributed by atoms with Crippen molar-refractivity contribution in [1.29, 1.82) is 0 Å². The van der Waals surface area contributed by atoms with Crippen LogP contribution in [0.1, 0.15) is 89.4 Å². The van der Waals surface area contributed by atoms with Gasteiger partial charge in [-0.1, -0.05) is 25.3 Å². The minimum Gasteiger partial charge on any atom is -0.497 e. The zero-order valence-electron chi connectivity index (χ0n) is 32.4. The van der Waals surface area contributed by atoms with Crippen molar-refractivity contribution >= 4 is 44.6 Å². The Morgan fingerprint density at radius 2 is 1.67 bits per heavy atom. The first-order valence-electron chi connectivity index (χ1n) is 19.4. The second kappa shape index (κ2) is 14.9. The van der Waals surface area contributed by atoms with Gasteiger partial charge in [0.2, 0.25) is 0 Å². The lowest BCUT2D eigenvalue weighted by Crippen LogP contribution is -2.57. The number of piperazine rings is 1. The van der Waals surface area contributed by atoms with Crippen molar-refractivity contribution in [1.82, 2.24) is 33.2 Å². The van der Waals surface area contributed by atoms with Gasteiger partial charge in [-0.25, -0.2) is 4.72 Å². The molecule has 2 atom stereocenters. The zero-order valence-corrected chi connectivity index (χ0v) is 33.2. The molecule has 4 aromatic rings. The number of carbonyl (C=O) groups is 2. The Morgan fingerprint density at radius 1 is 0.945 bits per heavy atom. The van der Waals surface area contributed by atoms with Crippen LogP contribution in [-0.4, -0.2) is 114 Å². The van der Waals surface area contributed by atoms with E-state index >= 15 is 0 Å². The average molecular weight is 770 g/mol. The number of hydrogen-bond donors (Lipinski definition) is 1. The molecular formula is C41H51N7O6S. The maximum atomic E-state index is 14.5. The third-order valence-corrected chi connectivity index (χ3v) is 13.4. The van der Waals surface area contributed by atoms with Crippen LogP contribution in [0.5, 0.6) is 5.75 Å². The molecule has 1 saturated carbocycles. The molecule has 8 rings (SSSR count). The minimum absolute atomic E-state index is 0.0251. The van der Waals surface area contributed by atoms with E-state index in [4.69, 9.17) is 9.47 Å². The number of nitrogens with zero attached hydrogens (tertiary/aromatic N) is 6. The number of likely N-dealkylation sites (N-methyl/N-ethyl adjacent to an activating group) is 1. The van der Waals surface area contributed by atoms with Crippen molar-refractivity contribution in [3.05, 3.63) is 70.5 Å². The molecule has 55 heavy (non-hydrogen) atoms. The van der Waals surface area contributed by atoms with E-state index in [2.05, 4.69) is 52.3 Å². The van der Waals surface area contributed by atoms with Crippen LogP contribution in [0, 0.1) is 0 Å². The molecule has 1 N–H and O–H groups in total. The Kier molecular flexibility index (Phi) is 10.1. The quantitative estimate of drug-likeness (QED) is 0.274. The summed E-state index contributed by atoms with van der Waals surface area (Å²) in [5.41, 5.74) is 7.55. The molecule has 0 spiro atoms. The van der Waals surface area contributed by atoms with Crippen molar-refractivity contribution in [2.75, 3.05) is 53.6 Å². The fraction of sp³-hybridized carbons (Fsp3) is 0.488. The zero-order chi connectivity index (χ0) is 38.6. The van der Waals surface area contributed by atoms with Gasteiger partial charge >= 0.3 is 10.2 Å². The summed E-state index contributed by atoms with van der Waals surface area (Å²) in [5, 5.41) is 5.70. The van der Waals surface area contributed by atoms with Gasteiger partial charge in [0, 0.05) is 67.3 Å². The highest BCUT2D eigenvalue weighted by Gasteiger charge is 2.36. The molecule has 0 unspecified atom stereocenters. The molecule has 3 fully saturated rings. The van der Waals surface area contributed by atoms with Gasteiger partial charge < -0.3 is 23.8 Å². The molecule has 0 bridgehead atoms. The van der Waals surface area contributed by atoms with E-state index in [0.717, 1.165) is 83.5 Å². The molecule has 1 aliphatic carbocycles. The summed E-state index contributed by atoms with van der Waals surface area (Å²) in [7, 11) is 1.56. The second-order valence-corrected chi connectivity index (χ2v) is 17.3. The average Bonchev–Trinajstić information content (AvgIpc) is 3.66. The van der Waals surface area contributed by atoms with Crippen molar-refractivity contribution in [2.45, 2.75) is 70.5 Å². The smallest absolute Gasteiger partial charge is 0.304 e. The summed E-state index contributed by atoms with van der Waals surface area (Å²) < 4.78 is 45.2. The van der Waals surface area contributed by atoms with Crippen molar-refractivity contribution < 1.29 is 27.5 Å². The van der Waals surface area contributed by atoms with Gasteiger partial charge in [0.15, 0.2) is 0 Å². The molecule has 2 saturated heterocycles. The van der Waals surface area contributed by atoms with Gasteiger partial charge in [0.05, 0.1) is 50.0 Å². The van der Waals surface area contributed by atoms with Crippen LogP contribution in [0.25, 0.3) is 33.8 Å². The van der Waals surface area contributed by atoms with Gasteiger partial charge in [-0.05, 0) is 92.8 Å². The monoisotopic (exact) mass is 769 g/mol. The van der Waals surface area contributed by atoms with E-state index in [9.17, 15) is 18.0 Å². The summed E-state index contributed by atoms with van der Waals surface area (Å²) in [5.74, 6) is 0.292. The third kappa shape index (κ3) is 6.87. The Hall–Kier alpha value is -4.50. The molecule has 2 aromatic carbocycles. The number of carbonyl (C=O) groups excluding carboxylic acids is 2. The van der Waals surface area contributed by atoms with Crippen molar-refractivity contribution in [3.8, 4) is 17.0 Å². The Labute approximate surface area is 323 Å². The summed E-state index contributed by atoms with van der Waals surface area (Å²) in [6, 6.07) is 11.7. The predicted octanol–water partition coefficient (Wildman–Crippen LogP) is 5.12. The lowest BCUT2D eigenvalue weighted by Gasteiger charge is -2.43. The van der Waals surface area contributed by atoms with E-state index in [1.165, 1.54) is 16.3 Å². The highest BCUT2D eigenvalue weighted by Crippen LogP contribution is 2.48. The number of allylic oxidation sites excluding steroid dienone is 1. The predicted molar refractivity (Wildman–Crippen MR) is 212 cm³/mol. The van der Waals surface area contributed by atoms with Crippen molar-refractivity contribution in [3.63, 3.8) is 0 Å². The van der Waals surface area contributed by atoms with Crippen LogP contribution in [0.3, 0.4) is 0 Å². The van der Waals surface area contributed by atoms with Crippen molar-refractivity contribution in [2.24, 2.45) is 7.05 Å². The van der Waals surface area contributed by atoms with E-state index in [-0.39, 0.29) is 49.9 Å². The van der Waals surface area contributed by atoms with E-state index in [1.54, 1.807) is 24.1 Å². The molecule has 292 valence electrons. The maximum Gasteiger partial charge on any atom is 0.304 e. The van der Waals surface area contributed by atoms with Gasteiger partial charge in [-0.15, -0.1) is 0 Å². The Bertz CT molecular complexity index is 2270. The number of methoxy groups -OCH3 is 1. The van der Waals surface area contributed by atoms with E-state index in [0.29, 0.717) is 18.0 Å². The largest absolute Gasteiger partial charge is 0.497 e. The number of amides is 2. The Morgan fingerprint density at radius 3 is 2.38 bits per heavy atom. The fourth-order valence-corrected chi connectivity index (χ4v) is 10.6. The first-order valence-corrected chi connectivity index (χ1v) is 20.9. The standard InChI is InChI=1S/C41H51N7O6S/c1-26-23-44(3)24-27(2)48(26)41(50)35-22-42-45(4)38(35)31-19-30-20-32(53-5)12-14-33(30)39-37(28-9-7-6-8-10-28)34-13-11-29(21-36(34)47(39)25-31)40(49)43-55(51,52)46-15-17-54-18-16-46/h11-14,19-22,26-28H,6-10,15-18,23-25H2,1-5H3,(H,43,49)/t26-,27+. The number of nitrogens with one attached hydrogen (secondary N) is 1. The fourth-order valence-electron chi connectivity index (χ4n) is 9.46. The lowest BCUT2D eigenvalue weighted by atomic mass is 9.81. The van der Waals surface area contributed by atoms with Crippen LogP contribution < -0.4 is 9.46 Å². The van der Waals surface area contributed by atoms with Crippen LogP contribution in [0.4, 0.5) is 0 Å². The van der Waals surface area contributed by atoms with Gasteiger partial charge in [0.25, 0.3) is 11.8 Å². The third-order valence-electron chi connectivity index (χ3n) is 11.9. The topological polar surface area (TPSA) is 131 Å². The first-order chi connectivity index (χ1) is 26.4. The number of fused-ring (bicyclic) bond motifs is 5. The Balaban J connectivity index is 1.29. The van der Waals surface area contributed by atoms with Gasteiger partial charge in [-0.3, -0.25) is 14.3 Å². The number of rotatable bonds is 7. The molecule has 4 aliphatic rings. The van der Waals surface area contributed by atoms with Crippen LogP contribution in [-0.2, 0) is 28.5 Å². The number of aromatic nitrogens is 3. The summed E-state index contributed by atoms with van der Waals surface area (Å²) >= 11 is 0. The molecular weight excluding hydrogens is 719 g/mol. The molecule has 13 nitrogen and oxygen atoms in total. The number of benzene rings is 2. The maximum absolute atomic E-state index is 14.5. The van der Waals surface area contributed by atoms with Crippen LogP contribution in [0.2, 0.25) is 0 Å².